The zero-order valence-corrected chi connectivity index (χ0v) is 8.25. The van der Waals surface area contributed by atoms with Gasteiger partial charge in [0.15, 0.2) is 0 Å². The zero-order chi connectivity index (χ0) is 12.0. The number of nitrogens with one attached hydrogen (secondary N) is 1. The molecule has 0 aliphatic rings. The molecular weight excluding hydrogens is 223 g/mol. The van der Waals surface area contributed by atoms with Gasteiger partial charge in [0.05, 0.1) is 0 Å². The second-order valence-electron chi connectivity index (χ2n) is 3.01. The van der Waals surface area contributed by atoms with Crippen LogP contribution in [0.5, 0.6) is 5.75 Å². The van der Waals surface area contributed by atoms with Crippen LogP contribution in [-0.4, -0.2) is 19.3 Å². The Morgan fingerprint density at radius 2 is 1.88 bits per heavy atom. The SMILES string of the molecule is O=CNCCc1ccc(OC(F)(F)F)cc1. The first-order valence-corrected chi connectivity index (χ1v) is 4.53. The van der Waals surface area contributed by atoms with E-state index in [4.69, 9.17) is 0 Å². The number of hydrogen-bond donors (Lipinski definition) is 1. The maximum absolute atomic E-state index is 11.8. The molecule has 3 nitrogen and oxygen atoms in total. The van der Waals surface area contributed by atoms with Gasteiger partial charge in [-0.25, -0.2) is 0 Å². The minimum atomic E-state index is -4.67. The number of amides is 1. The Balaban J connectivity index is 2.51. The summed E-state index contributed by atoms with van der Waals surface area (Å²) in [6, 6.07) is 5.52. The quantitative estimate of drug-likeness (QED) is 0.622. The summed E-state index contributed by atoms with van der Waals surface area (Å²) in [6.07, 6.45) is -3.53. The van der Waals surface area contributed by atoms with E-state index >= 15 is 0 Å². The van der Waals surface area contributed by atoms with Gasteiger partial charge in [-0.2, -0.15) is 0 Å². The molecule has 0 saturated heterocycles. The second-order valence-corrected chi connectivity index (χ2v) is 3.01. The Morgan fingerprint density at radius 1 is 1.25 bits per heavy atom. The van der Waals surface area contributed by atoms with Crippen molar-refractivity contribution in [3.05, 3.63) is 29.8 Å². The molecule has 1 rings (SSSR count). The average Bonchev–Trinajstić information content (AvgIpc) is 2.19. The van der Waals surface area contributed by atoms with Crippen molar-refractivity contribution in [2.75, 3.05) is 6.54 Å². The summed E-state index contributed by atoms with van der Waals surface area (Å²) in [5.41, 5.74) is 0.823. The van der Waals surface area contributed by atoms with Crippen molar-refractivity contribution in [2.45, 2.75) is 12.8 Å². The van der Waals surface area contributed by atoms with Gasteiger partial charge in [-0.05, 0) is 24.1 Å². The average molecular weight is 233 g/mol. The Kier molecular flexibility index (Phi) is 4.16. The standard InChI is InChI=1S/C10H10F3NO2/c11-10(12,13)16-9-3-1-8(2-4-9)5-6-14-7-15/h1-4,7H,5-6H2,(H,14,15). The Bertz CT molecular complexity index is 335. The first-order valence-electron chi connectivity index (χ1n) is 4.53. The van der Waals surface area contributed by atoms with E-state index < -0.39 is 6.36 Å². The molecule has 88 valence electrons. The highest BCUT2D eigenvalue weighted by Crippen LogP contribution is 2.22. The summed E-state index contributed by atoms with van der Waals surface area (Å²) >= 11 is 0. The van der Waals surface area contributed by atoms with Gasteiger partial charge in [0, 0.05) is 6.54 Å². The van der Waals surface area contributed by atoms with E-state index in [2.05, 4.69) is 10.1 Å². The molecule has 1 N–H and O–H groups in total. The molecule has 16 heavy (non-hydrogen) atoms. The third-order valence-electron chi connectivity index (χ3n) is 1.80. The van der Waals surface area contributed by atoms with Crippen LogP contribution in [0.4, 0.5) is 13.2 Å². The van der Waals surface area contributed by atoms with Gasteiger partial charge in [-0.1, -0.05) is 12.1 Å². The lowest BCUT2D eigenvalue weighted by molar-refractivity contribution is -0.274. The van der Waals surface area contributed by atoms with Gasteiger partial charge in [0.1, 0.15) is 5.75 Å². The molecule has 0 atom stereocenters. The molecule has 0 unspecified atom stereocenters. The molecule has 0 aliphatic heterocycles. The predicted octanol–water partition coefficient (Wildman–Crippen LogP) is 1.87. The van der Waals surface area contributed by atoms with Crippen LogP contribution in [0.3, 0.4) is 0 Å². The maximum Gasteiger partial charge on any atom is 0.573 e. The molecule has 0 fully saturated rings. The molecule has 1 aromatic carbocycles. The van der Waals surface area contributed by atoms with Gasteiger partial charge in [-0.15, -0.1) is 13.2 Å². The van der Waals surface area contributed by atoms with E-state index in [0.29, 0.717) is 19.4 Å². The Labute approximate surface area is 90.2 Å². The highest BCUT2D eigenvalue weighted by Gasteiger charge is 2.30. The topological polar surface area (TPSA) is 38.3 Å². The van der Waals surface area contributed by atoms with Crippen molar-refractivity contribution in [3.8, 4) is 5.75 Å². The van der Waals surface area contributed by atoms with Crippen molar-refractivity contribution < 1.29 is 22.7 Å². The van der Waals surface area contributed by atoms with Crippen LogP contribution in [0.2, 0.25) is 0 Å². The fourth-order valence-corrected chi connectivity index (χ4v) is 1.13. The van der Waals surface area contributed by atoms with E-state index in [1.165, 1.54) is 24.3 Å². The lowest BCUT2D eigenvalue weighted by Gasteiger charge is -2.09. The molecular formula is C10H10F3NO2. The number of ether oxygens (including phenoxy) is 1. The molecule has 0 radical (unpaired) electrons. The molecule has 1 aromatic rings. The van der Waals surface area contributed by atoms with Crippen LogP contribution in [0.1, 0.15) is 5.56 Å². The molecule has 0 aliphatic carbocycles. The van der Waals surface area contributed by atoms with Gasteiger partial charge in [0.25, 0.3) is 0 Å². The van der Waals surface area contributed by atoms with E-state index in [-0.39, 0.29) is 5.75 Å². The van der Waals surface area contributed by atoms with Gasteiger partial charge in [-0.3, -0.25) is 4.79 Å². The summed E-state index contributed by atoms with van der Waals surface area (Å²) in [5, 5.41) is 2.46. The summed E-state index contributed by atoms with van der Waals surface area (Å²) < 4.78 is 39.2. The molecule has 0 heterocycles. The van der Waals surface area contributed by atoms with Crippen LogP contribution in [0, 0.1) is 0 Å². The highest BCUT2D eigenvalue weighted by atomic mass is 19.4. The van der Waals surface area contributed by atoms with Crippen molar-refractivity contribution in [1.82, 2.24) is 5.32 Å². The van der Waals surface area contributed by atoms with Gasteiger partial charge < -0.3 is 10.1 Å². The minimum absolute atomic E-state index is 0.250. The number of halogens is 3. The molecule has 1 amide bonds. The van der Waals surface area contributed by atoms with Crippen molar-refractivity contribution in [2.24, 2.45) is 0 Å². The number of carbonyl (C=O) groups is 1. The Hall–Kier alpha value is -1.72. The zero-order valence-electron chi connectivity index (χ0n) is 8.25. The third kappa shape index (κ3) is 4.68. The molecule has 6 heteroatoms. The van der Waals surface area contributed by atoms with E-state index in [0.717, 1.165) is 5.56 Å². The number of rotatable bonds is 5. The smallest absolute Gasteiger partial charge is 0.406 e. The van der Waals surface area contributed by atoms with E-state index in [9.17, 15) is 18.0 Å². The van der Waals surface area contributed by atoms with Crippen LogP contribution < -0.4 is 10.1 Å². The molecule has 0 bridgehead atoms. The lowest BCUT2D eigenvalue weighted by atomic mass is 10.1. The van der Waals surface area contributed by atoms with Crippen molar-refractivity contribution >= 4 is 6.41 Å². The minimum Gasteiger partial charge on any atom is -0.406 e. The van der Waals surface area contributed by atoms with Crippen LogP contribution in [0.15, 0.2) is 24.3 Å². The van der Waals surface area contributed by atoms with Crippen LogP contribution in [-0.2, 0) is 11.2 Å². The molecule has 0 spiro atoms. The summed E-state index contributed by atoms with van der Waals surface area (Å²) in [5.74, 6) is -0.250. The fourth-order valence-electron chi connectivity index (χ4n) is 1.13. The van der Waals surface area contributed by atoms with E-state index in [1.807, 2.05) is 0 Å². The highest BCUT2D eigenvalue weighted by molar-refractivity contribution is 5.45. The number of alkyl halides is 3. The second kappa shape index (κ2) is 5.39. The maximum atomic E-state index is 11.8. The fraction of sp³-hybridized carbons (Fsp3) is 0.300. The predicted molar refractivity (Wildman–Crippen MR) is 50.9 cm³/mol. The van der Waals surface area contributed by atoms with Crippen LogP contribution in [0.25, 0.3) is 0 Å². The summed E-state index contributed by atoms with van der Waals surface area (Å²) in [6.45, 7) is 0.447. The first kappa shape index (κ1) is 12.4. The van der Waals surface area contributed by atoms with Crippen LogP contribution >= 0.6 is 0 Å². The Morgan fingerprint density at radius 3 is 2.38 bits per heavy atom. The summed E-state index contributed by atoms with van der Waals surface area (Å²) in [7, 11) is 0. The van der Waals surface area contributed by atoms with Crippen molar-refractivity contribution in [3.63, 3.8) is 0 Å². The number of benzene rings is 1. The molecule has 0 aromatic heterocycles. The number of hydrogen-bond acceptors (Lipinski definition) is 2. The molecule has 0 saturated carbocycles. The van der Waals surface area contributed by atoms with Crippen molar-refractivity contribution in [1.29, 1.82) is 0 Å². The largest absolute Gasteiger partial charge is 0.573 e. The van der Waals surface area contributed by atoms with E-state index in [1.54, 1.807) is 0 Å². The van der Waals surface area contributed by atoms with Gasteiger partial charge >= 0.3 is 6.36 Å². The van der Waals surface area contributed by atoms with Gasteiger partial charge in [0.2, 0.25) is 6.41 Å². The summed E-state index contributed by atoms with van der Waals surface area (Å²) in [4.78, 5) is 9.95. The lowest BCUT2D eigenvalue weighted by Crippen LogP contribution is -2.17. The third-order valence-corrected chi connectivity index (χ3v) is 1.80. The first-order chi connectivity index (χ1) is 7.51. The monoisotopic (exact) mass is 233 g/mol. The normalized spacial score (nSPS) is 10.9. The number of carbonyl (C=O) groups excluding carboxylic acids is 1.